The highest BCUT2D eigenvalue weighted by molar-refractivity contribution is 5.64. The Kier molecular flexibility index (Phi) is 6.76. The zero-order chi connectivity index (χ0) is 19.1. The lowest BCUT2D eigenvalue weighted by Gasteiger charge is -2.27. The number of allylic oxidation sites excluding steroid dienone is 2. The van der Waals surface area contributed by atoms with Crippen LogP contribution in [0.15, 0.2) is 54.6 Å². The maximum Gasteiger partial charge on any atom is 0.141 e. The van der Waals surface area contributed by atoms with E-state index < -0.39 is 5.82 Å². The van der Waals surface area contributed by atoms with Gasteiger partial charge in [-0.15, -0.1) is 0 Å². The van der Waals surface area contributed by atoms with Crippen molar-refractivity contribution in [3.05, 3.63) is 71.6 Å². The van der Waals surface area contributed by atoms with Crippen molar-refractivity contribution in [2.75, 3.05) is 6.67 Å². The molecule has 2 aromatic carbocycles. The molecule has 0 unspecified atom stereocenters. The fourth-order valence-electron chi connectivity index (χ4n) is 3.86. The third-order valence-electron chi connectivity index (χ3n) is 5.49. The van der Waals surface area contributed by atoms with Crippen LogP contribution in [0.25, 0.3) is 11.1 Å². The first-order chi connectivity index (χ1) is 13.2. The lowest BCUT2D eigenvalue weighted by molar-refractivity contribution is 0.375. The van der Waals surface area contributed by atoms with Gasteiger partial charge in [0.2, 0.25) is 0 Å². The van der Waals surface area contributed by atoms with Crippen molar-refractivity contribution in [2.45, 2.75) is 44.4 Å². The minimum absolute atomic E-state index is 0.0749. The Labute approximate surface area is 160 Å². The molecule has 0 amide bonds. The number of rotatable bonds is 6. The number of unbranched alkanes of at least 4 members (excludes halogenated alkanes) is 1. The first kappa shape index (κ1) is 19.3. The van der Waals surface area contributed by atoms with Gasteiger partial charge >= 0.3 is 0 Å². The van der Waals surface area contributed by atoms with Gasteiger partial charge in [-0.2, -0.15) is 5.26 Å². The number of hydrogen-bond donors (Lipinski definition) is 0. The average Bonchev–Trinajstić information content (AvgIpc) is 2.72. The molecule has 1 nitrogen and oxygen atoms in total. The highest BCUT2D eigenvalue weighted by atomic mass is 19.1. The molecule has 0 bridgehead atoms. The molecular formula is C24H25F2N. The van der Waals surface area contributed by atoms with Crippen LogP contribution in [0, 0.1) is 23.1 Å². The summed E-state index contributed by atoms with van der Waals surface area (Å²) in [5, 5.41) is 8.84. The van der Waals surface area contributed by atoms with E-state index in [1.54, 1.807) is 6.07 Å². The summed E-state index contributed by atoms with van der Waals surface area (Å²) in [6, 6.07) is 15.0. The fourth-order valence-corrected chi connectivity index (χ4v) is 3.86. The van der Waals surface area contributed by atoms with Crippen LogP contribution in [0.1, 0.15) is 55.6 Å². The van der Waals surface area contributed by atoms with E-state index in [1.165, 1.54) is 43.4 Å². The van der Waals surface area contributed by atoms with Crippen LogP contribution in [0.2, 0.25) is 0 Å². The molecule has 0 aromatic heterocycles. The Morgan fingerprint density at radius 3 is 2.33 bits per heavy atom. The van der Waals surface area contributed by atoms with Crippen molar-refractivity contribution >= 4 is 0 Å². The van der Waals surface area contributed by atoms with Gasteiger partial charge in [0.15, 0.2) is 0 Å². The second-order valence-corrected chi connectivity index (χ2v) is 7.30. The molecule has 0 atom stereocenters. The molecule has 0 saturated heterocycles. The predicted octanol–water partition coefficient (Wildman–Crippen LogP) is 6.94. The number of nitriles is 1. The van der Waals surface area contributed by atoms with Gasteiger partial charge in [-0.3, -0.25) is 4.39 Å². The standard InChI is InChI=1S/C24H25F2N/c25-15-3-1-2-4-18-5-7-19(8-6-18)20-9-11-21(12-10-20)22-13-14-23(17-27)24(26)16-22/h2,4,9-14,16,18-19H,1,3,5-8,15H2/t18-,19-. The molecule has 1 aliphatic carbocycles. The topological polar surface area (TPSA) is 23.8 Å². The molecule has 1 saturated carbocycles. The molecule has 0 heterocycles. The molecule has 3 heteroatoms. The summed E-state index contributed by atoms with van der Waals surface area (Å²) in [5.41, 5.74) is 3.17. The van der Waals surface area contributed by atoms with Gasteiger partial charge in [0.1, 0.15) is 11.9 Å². The van der Waals surface area contributed by atoms with E-state index in [1.807, 2.05) is 18.2 Å². The summed E-state index contributed by atoms with van der Waals surface area (Å²) in [6.07, 6.45) is 10.6. The number of nitrogens with zero attached hydrogens (tertiary/aromatic N) is 1. The van der Waals surface area contributed by atoms with E-state index in [9.17, 15) is 8.78 Å². The molecule has 140 valence electrons. The molecular weight excluding hydrogens is 340 g/mol. The van der Waals surface area contributed by atoms with Crippen LogP contribution in [-0.2, 0) is 0 Å². The monoisotopic (exact) mass is 365 g/mol. The van der Waals surface area contributed by atoms with Crippen LogP contribution in [0.5, 0.6) is 0 Å². The first-order valence-corrected chi connectivity index (χ1v) is 9.74. The second kappa shape index (κ2) is 9.46. The van der Waals surface area contributed by atoms with Crippen LogP contribution in [0.3, 0.4) is 0 Å². The van der Waals surface area contributed by atoms with Gasteiger partial charge in [-0.25, -0.2) is 4.39 Å². The average molecular weight is 365 g/mol. The number of benzene rings is 2. The minimum atomic E-state index is -0.475. The van der Waals surface area contributed by atoms with Gasteiger partial charge < -0.3 is 0 Å². The van der Waals surface area contributed by atoms with Crippen LogP contribution in [-0.4, -0.2) is 6.67 Å². The smallest absolute Gasteiger partial charge is 0.141 e. The SMILES string of the molecule is N#Cc1ccc(-c2ccc([C@H]3CC[C@H](C=CCCCF)CC3)cc2)cc1F. The summed E-state index contributed by atoms with van der Waals surface area (Å²) >= 11 is 0. The molecule has 0 N–H and O–H groups in total. The molecule has 0 radical (unpaired) electrons. The maximum absolute atomic E-state index is 13.8. The summed E-state index contributed by atoms with van der Waals surface area (Å²) in [7, 11) is 0. The molecule has 1 aliphatic rings. The van der Waals surface area contributed by atoms with Crippen molar-refractivity contribution in [3.8, 4) is 17.2 Å². The Morgan fingerprint density at radius 1 is 1.00 bits per heavy atom. The van der Waals surface area contributed by atoms with Crippen molar-refractivity contribution in [2.24, 2.45) is 5.92 Å². The van der Waals surface area contributed by atoms with Crippen LogP contribution >= 0.6 is 0 Å². The minimum Gasteiger partial charge on any atom is -0.251 e. The van der Waals surface area contributed by atoms with E-state index >= 15 is 0 Å². The summed E-state index contributed by atoms with van der Waals surface area (Å²) in [5.74, 6) is 0.728. The lowest BCUT2D eigenvalue weighted by atomic mass is 9.78. The summed E-state index contributed by atoms with van der Waals surface area (Å²) < 4.78 is 26.0. The Bertz CT molecular complexity index is 809. The summed E-state index contributed by atoms with van der Waals surface area (Å²) in [6.45, 7) is -0.234. The van der Waals surface area contributed by atoms with Crippen molar-refractivity contribution in [3.63, 3.8) is 0 Å². The zero-order valence-electron chi connectivity index (χ0n) is 15.5. The highest BCUT2D eigenvalue weighted by Gasteiger charge is 2.20. The van der Waals surface area contributed by atoms with Crippen molar-refractivity contribution in [1.29, 1.82) is 5.26 Å². The molecule has 0 spiro atoms. The number of hydrogen-bond acceptors (Lipinski definition) is 1. The molecule has 2 aromatic rings. The van der Waals surface area contributed by atoms with Gasteiger partial charge in [-0.1, -0.05) is 42.5 Å². The third-order valence-corrected chi connectivity index (χ3v) is 5.49. The number of alkyl halides is 1. The normalized spacial score (nSPS) is 19.9. The fraction of sp³-hybridized carbons (Fsp3) is 0.375. The predicted molar refractivity (Wildman–Crippen MR) is 106 cm³/mol. The van der Waals surface area contributed by atoms with E-state index in [-0.39, 0.29) is 12.2 Å². The van der Waals surface area contributed by atoms with E-state index in [4.69, 9.17) is 5.26 Å². The van der Waals surface area contributed by atoms with Crippen molar-refractivity contribution < 1.29 is 8.78 Å². The Balaban J connectivity index is 1.59. The second-order valence-electron chi connectivity index (χ2n) is 7.30. The van der Waals surface area contributed by atoms with E-state index in [2.05, 4.69) is 24.3 Å². The maximum atomic E-state index is 13.8. The molecule has 3 rings (SSSR count). The van der Waals surface area contributed by atoms with Gasteiger partial charge in [0.05, 0.1) is 12.2 Å². The van der Waals surface area contributed by atoms with Crippen molar-refractivity contribution in [1.82, 2.24) is 0 Å². The zero-order valence-corrected chi connectivity index (χ0v) is 15.5. The highest BCUT2D eigenvalue weighted by Crippen LogP contribution is 2.37. The molecule has 0 aliphatic heterocycles. The Hall–Kier alpha value is -2.47. The van der Waals surface area contributed by atoms with E-state index in [0.717, 1.165) is 17.5 Å². The molecule has 1 fully saturated rings. The lowest BCUT2D eigenvalue weighted by Crippen LogP contribution is -2.11. The first-order valence-electron chi connectivity index (χ1n) is 9.74. The van der Waals surface area contributed by atoms with E-state index in [0.29, 0.717) is 18.3 Å². The molecule has 27 heavy (non-hydrogen) atoms. The largest absolute Gasteiger partial charge is 0.251 e. The summed E-state index contributed by atoms with van der Waals surface area (Å²) in [4.78, 5) is 0. The van der Waals surface area contributed by atoms with Crippen LogP contribution in [0.4, 0.5) is 8.78 Å². The van der Waals surface area contributed by atoms with Gasteiger partial charge in [0.25, 0.3) is 0 Å². The van der Waals surface area contributed by atoms with Crippen LogP contribution < -0.4 is 0 Å². The number of halogens is 2. The quantitative estimate of drug-likeness (QED) is 0.401. The Morgan fingerprint density at radius 2 is 1.70 bits per heavy atom. The third kappa shape index (κ3) is 5.04. The van der Waals surface area contributed by atoms with Gasteiger partial charge in [-0.05, 0) is 79.2 Å². The van der Waals surface area contributed by atoms with Gasteiger partial charge in [0, 0.05) is 0 Å².